The summed E-state index contributed by atoms with van der Waals surface area (Å²) in [4.78, 5) is 47.3. The number of nitrogens with zero attached hydrogens (tertiary/aromatic N) is 2. The molecule has 1 fully saturated rings. The number of nitrogens with one attached hydrogen (secondary N) is 4. The number of phenolic OH excluding ortho intramolecular Hbond substituents is 3. The molecule has 237 valence electrons. The van der Waals surface area contributed by atoms with E-state index in [1.54, 1.807) is 5.32 Å². The number of phenols is 3. The van der Waals surface area contributed by atoms with Gasteiger partial charge in [-0.15, -0.1) is 0 Å². The van der Waals surface area contributed by atoms with Gasteiger partial charge < -0.3 is 51.7 Å². The monoisotopic (exact) mass is 639 g/mol. The van der Waals surface area contributed by atoms with Gasteiger partial charge in [0.05, 0.1) is 6.61 Å². The van der Waals surface area contributed by atoms with E-state index in [4.69, 9.17) is 30.6 Å². The smallest absolute Gasteiger partial charge is 0.328 e. The molecule has 1 atom stereocenters. The van der Waals surface area contributed by atoms with Gasteiger partial charge in [0, 0.05) is 59.1 Å². The molecule has 1 radical (unpaired) electrons. The SMILES string of the molecule is O=C(NCO)N(CO)C1(CO)C(=O)NC(=O)N1CO.O=C(Nc1ccccc1)Nc1ccccc1.Oc1cc(O)cc(O)c1.[Na]. The number of anilines is 2. The van der Waals surface area contributed by atoms with E-state index in [2.05, 4.69) is 10.6 Å². The van der Waals surface area contributed by atoms with Crippen LogP contribution in [0.2, 0.25) is 0 Å². The molecule has 7 amide bonds. The van der Waals surface area contributed by atoms with Crippen molar-refractivity contribution < 1.29 is 54.9 Å². The van der Waals surface area contributed by atoms with Crippen molar-refractivity contribution in [3.8, 4) is 17.2 Å². The first kappa shape index (κ1) is 38.4. The maximum atomic E-state index is 11.8. The second-order valence-electron chi connectivity index (χ2n) is 8.53. The number of hydrogen-bond acceptors (Lipinski definition) is 11. The Balaban J connectivity index is 0.000000353. The third-order valence-electron chi connectivity index (χ3n) is 5.65. The quantitative estimate of drug-likeness (QED) is 0.0919. The first-order chi connectivity index (χ1) is 21.0. The molecule has 0 saturated carbocycles. The maximum Gasteiger partial charge on any atom is 0.328 e. The number of aliphatic hydroxyl groups is 4. The predicted molar refractivity (Wildman–Crippen MR) is 160 cm³/mol. The molecule has 1 unspecified atom stereocenters. The van der Waals surface area contributed by atoms with Crippen LogP contribution in [0.4, 0.5) is 25.8 Å². The summed E-state index contributed by atoms with van der Waals surface area (Å²) in [5, 5.41) is 71.4. The number of amides is 7. The molecule has 1 aliphatic rings. The van der Waals surface area contributed by atoms with E-state index in [0.717, 1.165) is 29.6 Å². The van der Waals surface area contributed by atoms with Gasteiger partial charge in [-0.05, 0) is 24.3 Å². The summed E-state index contributed by atoms with van der Waals surface area (Å²) in [6, 6.07) is 19.7. The number of aliphatic hydroxyl groups excluding tert-OH is 4. The minimum absolute atomic E-state index is 0. The predicted octanol–water partition coefficient (Wildman–Crippen LogP) is -0.159. The van der Waals surface area contributed by atoms with Crippen LogP contribution in [0.25, 0.3) is 0 Å². The zero-order valence-corrected chi connectivity index (χ0v) is 26.0. The Morgan fingerprint density at radius 3 is 1.58 bits per heavy atom. The Bertz CT molecular complexity index is 1310. The molecule has 0 spiro atoms. The summed E-state index contributed by atoms with van der Waals surface area (Å²) in [5.74, 6) is -1.52. The van der Waals surface area contributed by atoms with Gasteiger partial charge in [-0.3, -0.25) is 19.9 Å². The van der Waals surface area contributed by atoms with E-state index in [9.17, 15) is 24.3 Å². The average molecular weight is 640 g/mol. The van der Waals surface area contributed by atoms with E-state index >= 15 is 0 Å². The van der Waals surface area contributed by atoms with Crippen molar-refractivity contribution in [2.75, 3.05) is 37.4 Å². The average Bonchev–Trinajstić information content (AvgIpc) is 3.23. The molecule has 3 aromatic carbocycles. The van der Waals surface area contributed by atoms with Crippen LogP contribution in [0.3, 0.4) is 0 Å². The van der Waals surface area contributed by atoms with Crippen LogP contribution < -0.4 is 21.3 Å². The Morgan fingerprint density at radius 1 is 0.778 bits per heavy atom. The number of rotatable bonds is 7. The van der Waals surface area contributed by atoms with Gasteiger partial charge in [-0.25, -0.2) is 14.4 Å². The van der Waals surface area contributed by atoms with E-state index < -0.39 is 50.4 Å². The first-order valence-corrected chi connectivity index (χ1v) is 12.5. The third-order valence-corrected chi connectivity index (χ3v) is 5.65. The molecular formula is C27H32N6NaO11. The van der Waals surface area contributed by atoms with Crippen LogP contribution in [0.15, 0.2) is 78.9 Å². The molecule has 45 heavy (non-hydrogen) atoms. The van der Waals surface area contributed by atoms with Crippen molar-refractivity contribution in [3.63, 3.8) is 0 Å². The van der Waals surface area contributed by atoms with Gasteiger partial charge >= 0.3 is 18.1 Å². The molecule has 0 aromatic heterocycles. The fourth-order valence-electron chi connectivity index (χ4n) is 3.68. The molecule has 17 nitrogen and oxygen atoms in total. The summed E-state index contributed by atoms with van der Waals surface area (Å²) < 4.78 is 0. The van der Waals surface area contributed by atoms with Gasteiger partial charge in [0.1, 0.15) is 37.4 Å². The van der Waals surface area contributed by atoms with Crippen LogP contribution in [0, 0.1) is 0 Å². The Hall–Kier alpha value is -4.62. The molecule has 1 heterocycles. The van der Waals surface area contributed by atoms with Crippen molar-refractivity contribution in [1.82, 2.24) is 20.4 Å². The van der Waals surface area contributed by atoms with E-state index in [-0.39, 0.29) is 52.8 Å². The minimum Gasteiger partial charge on any atom is -0.508 e. The Morgan fingerprint density at radius 2 is 1.22 bits per heavy atom. The molecule has 1 aliphatic heterocycles. The van der Waals surface area contributed by atoms with E-state index in [1.165, 1.54) is 0 Å². The molecule has 11 N–H and O–H groups in total. The maximum absolute atomic E-state index is 11.8. The number of imide groups is 1. The van der Waals surface area contributed by atoms with Crippen molar-refractivity contribution in [3.05, 3.63) is 78.9 Å². The summed E-state index contributed by atoms with van der Waals surface area (Å²) in [7, 11) is 0. The molecule has 0 aliphatic carbocycles. The van der Waals surface area contributed by atoms with Gasteiger partial charge in [0.15, 0.2) is 0 Å². The summed E-state index contributed by atoms with van der Waals surface area (Å²) >= 11 is 0. The molecule has 0 bridgehead atoms. The number of para-hydroxylation sites is 2. The standard InChI is InChI=1S/C13H12N2O.C8H14N4O7.C6H6O3.Na/c16-13(14-11-7-3-1-4-8-11)15-12-9-5-2-6-10-12;13-1-8(11(3-15)6(18)9-2-14)5(17)10-7(19)12(8)4-16;7-4-1-5(8)3-6(9)2-4;/h1-10H,(H2,14,15,16);13-16H,1-4H2,(H,9,18)(H,10,17,19);1-3,7-9H;. The van der Waals surface area contributed by atoms with Gasteiger partial charge in [-0.1, -0.05) is 36.4 Å². The van der Waals surface area contributed by atoms with E-state index in [0.29, 0.717) is 9.80 Å². The Kier molecular flexibility index (Phi) is 16.1. The van der Waals surface area contributed by atoms with Gasteiger partial charge in [-0.2, -0.15) is 0 Å². The number of urea groups is 3. The molecule has 1 saturated heterocycles. The van der Waals surface area contributed by atoms with Crippen LogP contribution in [-0.2, 0) is 4.79 Å². The minimum atomic E-state index is -2.28. The van der Waals surface area contributed by atoms with Crippen molar-refractivity contribution in [2.45, 2.75) is 5.66 Å². The molecule has 4 rings (SSSR count). The molecular weight excluding hydrogens is 607 g/mol. The number of carbonyl (C=O) groups is 4. The van der Waals surface area contributed by atoms with E-state index in [1.807, 2.05) is 66.0 Å². The fraction of sp³-hybridized carbons (Fsp3) is 0.185. The van der Waals surface area contributed by atoms with Crippen LogP contribution >= 0.6 is 0 Å². The largest absolute Gasteiger partial charge is 0.508 e. The topological polar surface area (TPSA) is 264 Å². The second-order valence-corrected chi connectivity index (χ2v) is 8.53. The number of aromatic hydroxyl groups is 3. The zero-order valence-electron chi connectivity index (χ0n) is 24.0. The van der Waals surface area contributed by atoms with Gasteiger partial charge in [0.2, 0.25) is 5.66 Å². The van der Waals surface area contributed by atoms with Crippen molar-refractivity contribution in [1.29, 1.82) is 0 Å². The number of benzene rings is 3. The molecule has 3 aromatic rings. The third kappa shape index (κ3) is 10.8. The normalized spacial score (nSPS) is 14.7. The van der Waals surface area contributed by atoms with Crippen LogP contribution in [0.5, 0.6) is 17.2 Å². The summed E-state index contributed by atoms with van der Waals surface area (Å²) in [5.41, 5.74) is -0.730. The number of carbonyl (C=O) groups excluding carboxylic acids is 4. The molecule has 18 heteroatoms. The van der Waals surface area contributed by atoms with Crippen LogP contribution in [0.1, 0.15) is 0 Å². The summed E-state index contributed by atoms with van der Waals surface area (Å²) in [6.45, 7) is -3.85. The van der Waals surface area contributed by atoms with Crippen molar-refractivity contribution >= 4 is 64.9 Å². The number of hydrogen-bond donors (Lipinski definition) is 11. The zero-order chi connectivity index (χ0) is 32.7. The Labute approximate surface area is 278 Å². The summed E-state index contributed by atoms with van der Waals surface area (Å²) in [6.07, 6.45) is 0. The first-order valence-electron chi connectivity index (χ1n) is 12.5. The van der Waals surface area contributed by atoms with Gasteiger partial charge in [0.25, 0.3) is 5.91 Å². The fourth-order valence-corrected chi connectivity index (χ4v) is 3.68. The van der Waals surface area contributed by atoms with Crippen LogP contribution in [-0.4, -0.2) is 132 Å². The second kappa shape index (κ2) is 18.9. The van der Waals surface area contributed by atoms with Crippen molar-refractivity contribution in [2.24, 2.45) is 0 Å².